The van der Waals surface area contributed by atoms with E-state index in [-0.39, 0.29) is 12.1 Å². The fourth-order valence-electron chi connectivity index (χ4n) is 3.22. The van der Waals surface area contributed by atoms with Crippen molar-refractivity contribution in [2.45, 2.75) is 32.4 Å². The Labute approximate surface area is 154 Å². The van der Waals surface area contributed by atoms with Gasteiger partial charge in [0.25, 0.3) is 0 Å². The highest BCUT2D eigenvalue weighted by Crippen LogP contribution is 2.22. The van der Waals surface area contributed by atoms with Gasteiger partial charge in [-0.1, -0.05) is 30.3 Å². The second-order valence-corrected chi connectivity index (χ2v) is 6.63. The number of amides is 2. The van der Waals surface area contributed by atoms with Crippen molar-refractivity contribution in [3.63, 3.8) is 0 Å². The van der Waals surface area contributed by atoms with Crippen LogP contribution >= 0.6 is 0 Å². The summed E-state index contributed by atoms with van der Waals surface area (Å²) in [5, 5.41) is 3.01. The molecule has 0 radical (unpaired) electrons. The van der Waals surface area contributed by atoms with E-state index in [1.807, 2.05) is 55.5 Å². The fourth-order valence-corrected chi connectivity index (χ4v) is 3.22. The van der Waals surface area contributed by atoms with Gasteiger partial charge in [-0.15, -0.1) is 0 Å². The Kier molecular flexibility index (Phi) is 6.12. The number of rotatable bonds is 6. The number of benzene rings is 2. The van der Waals surface area contributed by atoms with Crippen LogP contribution in [0.15, 0.2) is 48.5 Å². The Bertz CT molecular complexity index is 742. The zero-order valence-electron chi connectivity index (χ0n) is 15.4. The van der Waals surface area contributed by atoms with Gasteiger partial charge in [-0.05, 0) is 43.5 Å². The summed E-state index contributed by atoms with van der Waals surface area (Å²) in [6.07, 6.45) is 2.13. The molecule has 0 spiro atoms. The molecule has 26 heavy (non-hydrogen) atoms. The largest absolute Gasteiger partial charge is 0.496 e. The Hall–Kier alpha value is -2.53. The summed E-state index contributed by atoms with van der Waals surface area (Å²) >= 11 is 0. The molecule has 2 amide bonds. The van der Waals surface area contributed by atoms with Crippen molar-refractivity contribution in [3.8, 4) is 5.75 Å². The lowest BCUT2D eigenvalue weighted by Gasteiger charge is -2.26. The first-order valence-electron chi connectivity index (χ1n) is 9.02. The maximum Gasteiger partial charge on any atom is 0.322 e. The van der Waals surface area contributed by atoms with Gasteiger partial charge in [0, 0.05) is 24.4 Å². The molecule has 0 saturated carbocycles. The van der Waals surface area contributed by atoms with Crippen LogP contribution in [0.25, 0.3) is 0 Å². The summed E-state index contributed by atoms with van der Waals surface area (Å²) < 4.78 is 11.2. The van der Waals surface area contributed by atoms with Crippen molar-refractivity contribution in [2.75, 3.05) is 25.6 Å². The van der Waals surface area contributed by atoms with Crippen LogP contribution < -0.4 is 10.1 Å². The molecule has 0 bridgehead atoms. The number of carbonyl (C=O) groups is 1. The Morgan fingerprint density at radius 1 is 1.27 bits per heavy atom. The molecular weight excluding hydrogens is 328 g/mol. The van der Waals surface area contributed by atoms with Gasteiger partial charge in [0.15, 0.2) is 0 Å². The van der Waals surface area contributed by atoms with Crippen molar-refractivity contribution in [1.82, 2.24) is 4.90 Å². The first kappa shape index (κ1) is 18.3. The van der Waals surface area contributed by atoms with E-state index in [0.717, 1.165) is 42.0 Å². The first-order chi connectivity index (χ1) is 12.7. The Morgan fingerprint density at radius 2 is 2.12 bits per heavy atom. The zero-order valence-corrected chi connectivity index (χ0v) is 15.4. The third-order valence-corrected chi connectivity index (χ3v) is 4.56. The second-order valence-electron chi connectivity index (χ2n) is 6.63. The van der Waals surface area contributed by atoms with Crippen LogP contribution in [0, 0.1) is 6.92 Å². The van der Waals surface area contributed by atoms with Gasteiger partial charge >= 0.3 is 6.03 Å². The van der Waals surface area contributed by atoms with E-state index in [1.54, 1.807) is 12.0 Å². The summed E-state index contributed by atoms with van der Waals surface area (Å²) in [5.41, 5.74) is 2.89. The number of anilines is 1. The second kappa shape index (κ2) is 8.72. The number of ether oxygens (including phenoxy) is 2. The van der Waals surface area contributed by atoms with E-state index in [2.05, 4.69) is 5.32 Å². The van der Waals surface area contributed by atoms with Gasteiger partial charge in [-0.3, -0.25) is 0 Å². The van der Waals surface area contributed by atoms with E-state index < -0.39 is 0 Å². The van der Waals surface area contributed by atoms with Gasteiger partial charge in [-0.25, -0.2) is 4.79 Å². The maximum absolute atomic E-state index is 12.9. The quantitative estimate of drug-likeness (QED) is 0.845. The average Bonchev–Trinajstić information content (AvgIpc) is 3.15. The van der Waals surface area contributed by atoms with E-state index in [4.69, 9.17) is 9.47 Å². The third kappa shape index (κ3) is 4.76. The molecule has 5 nitrogen and oxygen atoms in total. The summed E-state index contributed by atoms with van der Waals surface area (Å²) in [6.45, 7) is 3.82. The van der Waals surface area contributed by atoms with Gasteiger partial charge in [0.05, 0.1) is 19.8 Å². The highest BCUT2D eigenvalue weighted by Gasteiger charge is 2.23. The molecule has 1 aliphatic heterocycles. The van der Waals surface area contributed by atoms with Crippen LogP contribution in [0.2, 0.25) is 0 Å². The summed E-state index contributed by atoms with van der Waals surface area (Å²) in [4.78, 5) is 14.7. The average molecular weight is 354 g/mol. The molecule has 138 valence electrons. The van der Waals surface area contributed by atoms with Gasteiger partial charge in [0.2, 0.25) is 0 Å². The minimum absolute atomic E-state index is 0.0907. The van der Waals surface area contributed by atoms with E-state index in [9.17, 15) is 4.79 Å². The highest BCUT2D eigenvalue weighted by atomic mass is 16.5. The molecule has 3 rings (SSSR count). The number of methoxy groups -OCH3 is 1. The van der Waals surface area contributed by atoms with Gasteiger partial charge in [0.1, 0.15) is 5.75 Å². The lowest BCUT2D eigenvalue weighted by atomic mass is 10.1. The maximum atomic E-state index is 12.9. The topological polar surface area (TPSA) is 50.8 Å². The van der Waals surface area contributed by atoms with Crippen molar-refractivity contribution < 1.29 is 14.3 Å². The van der Waals surface area contributed by atoms with Crippen molar-refractivity contribution >= 4 is 11.7 Å². The summed E-state index contributed by atoms with van der Waals surface area (Å²) in [5.74, 6) is 0.785. The molecule has 1 atom stereocenters. The van der Waals surface area contributed by atoms with Crippen molar-refractivity contribution in [3.05, 3.63) is 59.7 Å². The first-order valence-corrected chi connectivity index (χ1v) is 9.02. The van der Waals surface area contributed by atoms with Crippen LogP contribution in [0.4, 0.5) is 10.5 Å². The van der Waals surface area contributed by atoms with E-state index >= 15 is 0 Å². The number of nitrogens with zero attached hydrogens (tertiary/aromatic N) is 1. The molecule has 0 aromatic heterocycles. The number of aryl methyl sites for hydroxylation is 1. The predicted molar refractivity (Wildman–Crippen MR) is 103 cm³/mol. The van der Waals surface area contributed by atoms with Gasteiger partial charge < -0.3 is 19.7 Å². The zero-order chi connectivity index (χ0) is 18.4. The van der Waals surface area contributed by atoms with Crippen molar-refractivity contribution in [1.29, 1.82) is 0 Å². The number of para-hydroxylation sites is 1. The number of hydrogen-bond acceptors (Lipinski definition) is 3. The standard InChI is InChI=1S/C21H26N2O3/c1-16-7-5-9-18(13-16)22-21(24)23(15-19-10-6-12-26-19)14-17-8-3-4-11-20(17)25-2/h3-5,7-9,11,13,19H,6,10,12,14-15H2,1-2H3,(H,22,24). The molecule has 1 aliphatic rings. The normalized spacial score (nSPS) is 16.3. The number of carbonyl (C=O) groups excluding carboxylic acids is 1. The minimum atomic E-state index is -0.128. The molecule has 2 aromatic carbocycles. The minimum Gasteiger partial charge on any atom is -0.496 e. The highest BCUT2D eigenvalue weighted by molar-refractivity contribution is 5.89. The molecule has 1 saturated heterocycles. The molecular formula is C21H26N2O3. The SMILES string of the molecule is COc1ccccc1CN(CC1CCCO1)C(=O)Nc1cccc(C)c1. The molecule has 1 fully saturated rings. The molecule has 1 heterocycles. The van der Waals surface area contributed by atoms with Gasteiger partial charge in [-0.2, -0.15) is 0 Å². The summed E-state index contributed by atoms with van der Waals surface area (Å²) in [7, 11) is 1.65. The summed E-state index contributed by atoms with van der Waals surface area (Å²) in [6, 6.07) is 15.5. The lowest BCUT2D eigenvalue weighted by molar-refractivity contribution is 0.0817. The molecule has 5 heteroatoms. The number of hydrogen-bond donors (Lipinski definition) is 1. The number of nitrogens with one attached hydrogen (secondary N) is 1. The smallest absolute Gasteiger partial charge is 0.322 e. The Balaban J connectivity index is 1.76. The third-order valence-electron chi connectivity index (χ3n) is 4.56. The predicted octanol–water partition coefficient (Wildman–Crippen LogP) is 4.22. The van der Waals surface area contributed by atoms with Crippen LogP contribution in [-0.4, -0.2) is 37.3 Å². The number of urea groups is 1. The lowest BCUT2D eigenvalue weighted by Crippen LogP contribution is -2.39. The molecule has 2 aromatic rings. The van der Waals surface area contributed by atoms with Crippen LogP contribution in [0.3, 0.4) is 0 Å². The van der Waals surface area contributed by atoms with Crippen molar-refractivity contribution in [2.24, 2.45) is 0 Å². The molecule has 1 N–H and O–H groups in total. The monoisotopic (exact) mass is 354 g/mol. The fraction of sp³-hybridized carbons (Fsp3) is 0.381. The van der Waals surface area contributed by atoms with E-state index in [1.165, 1.54) is 0 Å². The van der Waals surface area contributed by atoms with Crippen LogP contribution in [0.5, 0.6) is 5.75 Å². The molecule has 1 unspecified atom stereocenters. The molecule has 0 aliphatic carbocycles. The van der Waals surface area contributed by atoms with E-state index in [0.29, 0.717) is 13.1 Å². The Morgan fingerprint density at radius 3 is 2.85 bits per heavy atom. The van der Waals surface area contributed by atoms with Crippen LogP contribution in [0.1, 0.15) is 24.0 Å². The van der Waals surface area contributed by atoms with Crippen LogP contribution in [-0.2, 0) is 11.3 Å².